The summed E-state index contributed by atoms with van der Waals surface area (Å²) >= 11 is 0. The molecule has 0 aromatic heterocycles. The molecule has 2 fully saturated rings. The lowest BCUT2D eigenvalue weighted by atomic mass is 9.87. The van der Waals surface area contributed by atoms with Gasteiger partial charge in [0.15, 0.2) is 0 Å². The first-order valence-electron chi connectivity index (χ1n) is 10.1. The molecule has 0 radical (unpaired) electrons. The average molecular weight is 373 g/mol. The molecule has 148 valence electrons. The second kappa shape index (κ2) is 9.33. The number of nitrogens with two attached hydrogens (primary N) is 1. The van der Waals surface area contributed by atoms with Gasteiger partial charge in [-0.25, -0.2) is 0 Å². The summed E-state index contributed by atoms with van der Waals surface area (Å²) in [4.78, 5) is 28.1. The van der Waals surface area contributed by atoms with Crippen LogP contribution in [-0.2, 0) is 11.3 Å². The Hall–Kier alpha value is -1.92. The number of rotatable bonds is 6. The topological polar surface area (TPSA) is 78.7 Å². The van der Waals surface area contributed by atoms with Crippen molar-refractivity contribution in [1.82, 2.24) is 15.1 Å². The third kappa shape index (κ3) is 6.04. The number of benzene rings is 1. The van der Waals surface area contributed by atoms with Crippen molar-refractivity contribution in [2.45, 2.75) is 45.2 Å². The molecule has 2 amide bonds. The van der Waals surface area contributed by atoms with Crippen LogP contribution in [-0.4, -0.2) is 60.4 Å². The minimum absolute atomic E-state index is 0.171. The van der Waals surface area contributed by atoms with Crippen LogP contribution in [0.3, 0.4) is 0 Å². The number of hydrogen-bond acceptors (Lipinski definition) is 4. The SMILES string of the molecule is CC1CCC(NC(=O)CN2CCN(Cc3ccc(C(N)=O)cc3)CC2)CC1. The Balaban J connectivity index is 1.37. The molecular formula is C21H32N4O2. The van der Waals surface area contributed by atoms with Gasteiger partial charge >= 0.3 is 0 Å². The summed E-state index contributed by atoms with van der Waals surface area (Å²) in [5.74, 6) is 0.583. The lowest BCUT2D eigenvalue weighted by Crippen LogP contribution is -2.50. The highest BCUT2D eigenvalue weighted by Gasteiger charge is 2.22. The van der Waals surface area contributed by atoms with E-state index in [0.717, 1.165) is 51.5 Å². The van der Waals surface area contributed by atoms with Gasteiger partial charge in [0.2, 0.25) is 11.8 Å². The van der Waals surface area contributed by atoms with E-state index in [0.29, 0.717) is 18.2 Å². The van der Waals surface area contributed by atoms with Crippen LogP contribution in [0.2, 0.25) is 0 Å². The zero-order valence-corrected chi connectivity index (χ0v) is 16.3. The third-order valence-corrected chi connectivity index (χ3v) is 5.86. The molecule has 27 heavy (non-hydrogen) atoms. The molecule has 2 aliphatic rings. The first-order chi connectivity index (χ1) is 13.0. The molecule has 0 bridgehead atoms. The average Bonchev–Trinajstić information content (AvgIpc) is 2.66. The first kappa shape index (κ1) is 19.8. The highest BCUT2D eigenvalue weighted by atomic mass is 16.2. The number of nitrogens with one attached hydrogen (secondary N) is 1. The van der Waals surface area contributed by atoms with Crippen molar-refractivity contribution in [3.63, 3.8) is 0 Å². The lowest BCUT2D eigenvalue weighted by Gasteiger charge is -2.35. The van der Waals surface area contributed by atoms with Crippen LogP contribution in [0.4, 0.5) is 0 Å². The molecular weight excluding hydrogens is 340 g/mol. The van der Waals surface area contributed by atoms with E-state index in [-0.39, 0.29) is 5.91 Å². The Kier molecular flexibility index (Phi) is 6.85. The van der Waals surface area contributed by atoms with Gasteiger partial charge in [0.05, 0.1) is 6.54 Å². The maximum atomic E-state index is 12.3. The van der Waals surface area contributed by atoms with E-state index in [4.69, 9.17) is 5.73 Å². The fraction of sp³-hybridized carbons (Fsp3) is 0.619. The van der Waals surface area contributed by atoms with E-state index in [1.807, 2.05) is 12.1 Å². The number of piperazine rings is 1. The van der Waals surface area contributed by atoms with Crippen molar-refractivity contribution >= 4 is 11.8 Å². The quantitative estimate of drug-likeness (QED) is 0.795. The Morgan fingerprint density at radius 2 is 1.59 bits per heavy atom. The van der Waals surface area contributed by atoms with Gasteiger partial charge in [-0.2, -0.15) is 0 Å². The number of carbonyl (C=O) groups excluding carboxylic acids is 2. The maximum absolute atomic E-state index is 12.3. The van der Waals surface area contributed by atoms with Crippen molar-refractivity contribution in [2.24, 2.45) is 11.7 Å². The molecule has 3 rings (SSSR count). The second-order valence-corrected chi connectivity index (χ2v) is 8.14. The largest absolute Gasteiger partial charge is 0.366 e. The summed E-state index contributed by atoms with van der Waals surface area (Å²) in [6, 6.07) is 7.86. The second-order valence-electron chi connectivity index (χ2n) is 8.14. The molecule has 1 saturated heterocycles. The molecule has 1 heterocycles. The van der Waals surface area contributed by atoms with Gasteiger partial charge in [-0.1, -0.05) is 19.1 Å². The number of carbonyl (C=O) groups is 2. The molecule has 0 unspecified atom stereocenters. The number of hydrogen-bond donors (Lipinski definition) is 2. The zero-order chi connectivity index (χ0) is 19.2. The molecule has 1 aromatic rings. The summed E-state index contributed by atoms with van der Waals surface area (Å²) in [5.41, 5.74) is 7.00. The summed E-state index contributed by atoms with van der Waals surface area (Å²) in [6.45, 7) is 7.39. The van der Waals surface area contributed by atoms with Crippen LogP contribution in [0, 0.1) is 5.92 Å². The Morgan fingerprint density at radius 1 is 1.00 bits per heavy atom. The normalized spacial score (nSPS) is 24.5. The molecule has 6 heteroatoms. The van der Waals surface area contributed by atoms with Gasteiger partial charge in [0, 0.05) is 44.3 Å². The highest BCUT2D eigenvalue weighted by Crippen LogP contribution is 2.23. The molecule has 1 saturated carbocycles. The summed E-state index contributed by atoms with van der Waals surface area (Å²) in [6.07, 6.45) is 4.69. The van der Waals surface area contributed by atoms with Crippen LogP contribution in [0.1, 0.15) is 48.5 Å². The number of amides is 2. The van der Waals surface area contributed by atoms with E-state index in [9.17, 15) is 9.59 Å². The minimum Gasteiger partial charge on any atom is -0.366 e. The van der Waals surface area contributed by atoms with Crippen molar-refractivity contribution in [2.75, 3.05) is 32.7 Å². The third-order valence-electron chi connectivity index (χ3n) is 5.86. The van der Waals surface area contributed by atoms with Gasteiger partial charge in [0.25, 0.3) is 0 Å². The molecule has 1 aromatic carbocycles. The fourth-order valence-electron chi connectivity index (χ4n) is 4.02. The maximum Gasteiger partial charge on any atom is 0.248 e. The molecule has 1 aliphatic carbocycles. The first-order valence-corrected chi connectivity index (χ1v) is 10.1. The smallest absolute Gasteiger partial charge is 0.248 e. The van der Waals surface area contributed by atoms with Crippen molar-refractivity contribution in [3.05, 3.63) is 35.4 Å². The van der Waals surface area contributed by atoms with Gasteiger partial charge < -0.3 is 11.1 Å². The molecule has 0 atom stereocenters. The van der Waals surface area contributed by atoms with Gasteiger partial charge in [-0.05, 0) is 49.3 Å². The molecule has 1 aliphatic heterocycles. The molecule has 0 spiro atoms. The van der Waals surface area contributed by atoms with Gasteiger partial charge in [-0.15, -0.1) is 0 Å². The molecule has 6 nitrogen and oxygen atoms in total. The molecule has 3 N–H and O–H groups in total. The Labute approximate surface area is 162 Å². The lowest BCUT2D eigenvalue weighted by molar-refractivity contribution is -0.123. The zero-order valence-electron chi connectivity index (χ0n) is 16.3. The fourth-order valence-corrected chi connectivity index (χ4v) is 4.02. The minimum atomic E-state index is -0.392. The Morgan fingerprint density at radius 3 is 2.19 bits per heavy atom. The van der Waals surface area contributed by atoms with E-state index >= 15 is 0 Å². The monoisotopic (exact) mass is 372 g/mol. The van der Waals surface area contributed by atoms with Crippen LogP contribution >= 0.6 is 0 Å². The summed E-state index contributed by atoms with van der Waals surface area (Å²) in [7, 11) is 0. The van der Waals surface area contributed by atoms with Gasteiger partial charge in [0.1, 0.15) is 0 Å². The van der Waals surface area contributed by atoms with Crippen LogP contribution in [0.5, 0.6) is 0 Å². The van der Waals surface area contributed by atoms with Crippen LogP contribution in [0.15, 0.2) is 24.3 Å². The highest BCUT2D eigenvalue weighted by molar-refractivity contribution is 5.92. The number of nitrogens with zero attached hydrogens (tertiary/aromatic N) is 2. The predicted octanol–water partition coefficient (Wildman–Crippen LogP) is 1.60. The standard InChI is InChI=1S/C21H32N4O2/c1-16-2-8-19(9-3-16)23-20(26)15-25-12-10-24(11-13-25)14-17-4-6-18(7-5-17)21(22)27/h4-7,16,19H,2-3,8-15H2,1H3,(H2,22,27)(H,23,26). The Bertz CT molecular complexity index is 630. The number of primary amides is 1. The van der Waals surface area contributed by atoms with Crippen molar-refractivity contribution in [1.29, 1.82) is 0 Å². The van der Waals surface area contributed by atoms with Crippen molar-refractivity contribution < 1.29 is 9.59 Å². The van der Waals surface area contributed by atoms with E-state index in [1.54, 1.807) is 12.1 Å². The predicted molar refractivity (Wildman–Crippen MR) is 106 cm³/mol. The van der Waals surface area contributed by atoms with Crippen LogP contribution < -0.4 is 11.1 Å². The van der Waals surface area contributed by atoms with E-state index < -0.39 is 5.91 Å². The van der Waals surface area contributed by atoms with E-state index in [1.165, 1.54) is 18.4 Å². The summed E-state index contributed by atoms with van der Waals surface area (Å²) < 4.78 is 0. The summed E-state index contributed by atoms with van der Waals surface area (Å²) in [5, 5.41) is 3.22. The van der Waals surface area contributed by atoms with Crippen molar-refractivity contribution in [3.8, 4) is 0 Å². The van der Waals surface area contributed by atoms with Gasteiger partial charge in [-0.3, -0.25) is 19.4 Å². The van der Waals surface area contributed by atoms with Crippen LogP contribution in [0.25, 0.3) is 0 Å². The van der Waals surface area contributed by atoms with E-state index in [2.05, 4.69) is 22.0 Å².